The number of benzene rings is 2. The van der Waals surface area contributed by atoms with Gasteiger partial charge in [0.25, 0.3) is 11.8 Å². The standard InChI is InChI=1S/C23H23N3O3/c1-16-6-3-4-7-19(16)26-23(28)21-9-5-8-20(25-21)22(27)24-15-14-17-10-12-18(29-2)13-11-17/h3-13H,14-15H2,1-2H3,(H,24,27)(H,26,28). The molecule has 29 heavy (non-hydrogen) atoms. The highest BCUT2D eigenvalue weighted by Gasteiger charge is 2.13. The summed E-state index contributed by atoms with van der Waals surface area (Å²) in [5, 5.41) is 5.66. The van der Waals surface area contributed by atoms with Crippen molar-refractivity contribution < 1.29 is 14.3 Å². The normalized spacial score (nSPS) is 10.3. The zero-order valence-corrected chi connectivity index (χ0v) is 16.4. The Hall–Kier alpha value is -3.67. The van der Waals surface area contributed by atoms with Crippen molar-refractivity contribution in [1.82, 2.24) is 10.3 Å². The number of methoxy groups -OCH3 is 1. The van der Waals surface area contributed by atoms with E-state index in [-0.39, 0.29) is 23.2 Å². The highest BCUT2D eigenvalue weighted by atomic mass is 16.5. The number of anilines is 1. The lowest BCUT2D eigenvalue weighted by atomic mass is 10.1. The number of nitrogens with zero attached hydrogens (tertiary/aromatic N) is 1. The van der Waals surface area contributed by atoms with E-state index in [2.05, 4.69) is 15.6 Å². The van der Waals surface area contributed by atoms with Gasteiger partial charge in [-0.1, -0.05) is 36.4 Å². The number of rotatable bonds is 7. The van der Waals surface area contributed by atoms with Gasteiger partial charge in [0.15, 0.2) is 0 Å². The van der Waals surface area contributed by atoms with Gasteiger partial charge < -0.3 is 15.4 Å². The van der Waals surface area contributed by atoms with Crippen LogP contribution in [0, 0.1) is 6.92 Å². The van der Waals surface area contributed by atoms with E-state index in [0.717, 1.165) is 16.9 Å². The summed E-state index contributed by atoms with van der Waals surface area (Å²) < 4.78 is 5.13. The number of pyridine rings is 1. The van der Waals surface area contributed by atoms with Crippen molar-refractivity contribution in [2.45, 2.75) is 13.3 Å². The molecule has 148 valence electrons. The number of hydrogen-bond acceptors (Lipinski definition) is 4. The van der Waals surface area contributed by atoms with Gasteiger partial charge in [-0.3, -0.25) is 9.59 Å². The molecule has 0 bridgehead atoms. The molecule has 0 saturated heterocycles. The Labute approximate surface area is 169 Å². The molecule has 3 rings (SSSR count). The highest BCUT2D eigenvalue weighted by molar-refractivity contribution is 6.04. The van der Waals surface area contributed by atoms with Gasteiger partial charge in [-0.25, -0.2) is 4.98 Å². The van der Waals surface area contributed by atoms with E-state index < -0.39 is 0 Å². The van der Waals surface area contributed by atoms with Crippen molar-refractivity contribution in [3.8, 4) is 5.75 Å². The number of amides is 2. The first-order chi connectivity index (χ1) is 14.1. The van der Waals surface area contributed by atoms with Crippen LogP contribution in [0.5, 0.6) is 5.75 Å². The average molecular weight is 389 g/mol. The van der Waals surface area contributed by atoms with Crippen LogP contribution in [0.2, 0.25) is 0 Å². The van der Waals surface area contributed by atoms with Gasteiger partial charge >= 0.3 is 0 Å². The Bertz CT molecular complexity index is 1000. The van der Waals surface area contributed by atoms with E-state index >= 15 is 0 Å². The Kier molecular flexibility index (Phi) is 6.58. The fraction of sp³-hybridized carbons (Fsp3) is 0.174. The molecule has 2 amide bonds. The lowest BCUT2D eigenvalue weighted by Gasteiger charge is -2.09. The molecule has 0 radical (unpaired) electrons. The van der Waals surface area contributed by atoms with Crippen molar-refractivity contribution in [2.24, 2.45) is 0 Å². The summed E-state index contributed by atoms with van der Waals surface area (Å²) in [4.78, 5) is 29.1. The van der Waals surface area contributed by atoms with Crippen LogP contribution in [0.3, 0.4) is 0 Å². The number of carbonyl (C=O) groups excluding carboxylic acids is 2. The zero-order valence-electron chi connectivity index (χ0n) is 16.4. The molecule has 0 atom stereocenters. The minimum absolute atomic E-state index is 0.191. The molecule has 0 aliphatic carbocycles. The second-order valence-corrected chi connectivity index (χ2v) is 6.53. The smallest absolute Gasteiger partial charge is 0.274 e. The Morgan fingerprint density at radius 1 is 0.897 bits per heavy atom. The van der Waals surface area contributed by atoms with Gasteiger partial charge in [-0.2, -0.15) is 0 Å². The van der Waals surface area contributed by atoms with E-state index in [0.29, 0.717) is 18.7 Å². The fourth-order valence-corrected chi connectivity index (χ4v) is 2.79. The van der Waals surface area contributed by atoms with Gasteiger partial charge in [0, 0.05) is 12.2 Å². The number of carbonyl (C=O) groups is 2. The Morgan fingerprint density at radius 3 is 2.28 bits per heavy atom. The second kappa shape index (κ2) is 9.50. The summed E-state index contributed by atoms with van der Waals surface area (Å²) in [7, 11) is 1.62. The zero-order chi connectivity index (χ0) is 20.6. The van der Waals surface area contributed by atoms with Gasteiger partial charge in [0.2, 0.25) is 0 Å². The molecule has 0 unspecified atom stereocenters. The summed E-state index contributed by atoms with van der Waals surface area (Å²) >= 11 is 0. The van der Waals surface area contributed by atoms with E-state index in [1.165, 1.54) is 0 Å². The summed E-state index contributed by atoms with van der Waals surface area (Å²) in [6.45, 7) is 2.38. The largest absolute Gasteiger partial charge is 0.497 e. The van der Waals surface area contributed by atoms with Crippen LogP contribution in [-0.2, 0) is 6.42 Å². The second-order valence-electron chi connectivity index (χ2n) is 6.53. The van der Waals surface area contributed by atoms with Crippen molar-refractivity contribution in [1.29, 1.82) is 0 Å². The molecule has 0 aliphatic rings. The monoisotopic (exact) mass is 389 g/mol. The fourth-order valence-electron chi connectivity index (χ4n) is 2.79. The highest BCUT2D eigenvalue weighted by Crippen LogP contribution is 2.14. The van der Waals surface area contributed by atoms with Gasteiger partial charge in [-0.15, -0.1) is 0 Å². The van der Waals surface area contributed by atoms with E-state index in [1.54, 1.807) is 25.3 Å². The summed E-state index contributed by atoms with van der Waals surface area (Å²) in [5.74, 6) is 0.124. The summed E-state index contributed by atoms with van der Waals surface area (Å²) in [6, 6.07) is 20.0. The van der Waals surface area contributed by atoms with Crippen LogP contribution in [0.15, 0.2) is 66.7 Å². The maximum absolute atomic E-state index is 12.5. The maximum atomic E-state index is 12.5. The molecule has 0 saturated carbocycles. The van der Waals surface area contributed by atoms with Crippen molar-refractivity contribution in [2.75, 3.05) is 19.0 Å². The molecule has 1 aromatic heterocycles. The van der Waals surface area contributed by atoms with E-state index in [4.69, 9.17) is 4.74 Å². The van der Waals surface area contributed by atoms with Gasteiger partial charge in [-0.05, 0) is 54.8 Å². The van der Waals surface area contributed by atoms with Gasteiger partial charge in [0.1, 0.15) is 17.1 Å². The topological polar surface area (TPSA) is 80.3 Å². The molecule has 0 fully saturated rings. The molecule has 3 aromatic rings. The maximum Gasteiger partial charge on any atom is 0.274 e. The first kappa shape index (κ1) is 20.1. The average Bonchev–Trinajstić information content (AvgIpc) is 2.76. The van der Waals surface area contributed by atoms with Crippen LogP contribution in [0.4, 0.5) is 5.69 Å². The number of aromatic nitrogens is 1. The Balaban J connectivity index is 1.58. The van der Waals surface area contributed by atoms with Crippen LogP contribution in [0.25, 0.3) is 0 Å². The number of para-hydroxylation sites is 1. The minimum Gasteiger partial charge on any atom is -0.497 e. The molecule has 6 heteroatoms. The van der Waals surface area contributed by atoms with Crippen LogP contribution in [-0.4, -0.2) is 30.5 Å². The first-order valence-electron chi connectivity index (χ1n) is 9.32. The predicted molar refractivity (Wildman–Crippen MR) is 112 cm³/mol. The SMILES string of the molecule is COc1ccc(CCNC(=O)c2cccc(C(=O)Nc3ccccc3C)n2)cc1. The summed E-state index contributed by atoms with van der Waals surface area (Å²) in [6.07, 6.45) is 0.684. The first-order valence-corrected chi connectivity index (χ1v) is 9.32. The lowest BCUT2D eigenvalue weighted by Crippen LogP contribution is -2.27. The van der Waals surface area contributed by atoms with E-state index in [9.17, 15) is 9.59 Å². The number of hydrogen-bond donors (Lipinski definition) is 2. The third kappa shape index (κ3) is 5.42. The third-order valence-electron chi connectivity index (χ3n) is 4.47. The summed E-state index contributed by atoms with van der Waals surface area (Å²) in [5.41, 5.74) is 3.15. The molecular formula is C23H23N3O3. The van der Waals surface area contributed by atoms with Crippen LogP contribution in [0.1, 0.15) is 32.1 Å². The van der Waals surface area contributed by atoms with Crippen LogP contribution >= 0.6 is 0 Å². The molecule has 6 nitrogen and oxygen atoms in total. The van der Waals surface area contributed by atoms with Crippen molar-refractivity contribution in [3.05, 3.63) is 89.2 Å². The molecule has 0 aliphatic heterocycles. The van der Waals surface area contributed by atoms with Crippen molar-refractivity contribution in [3.63, 3.8) is 0 Å². The minimum atomic E-state index is -0.354. The number of ether oxygens (including phenoxy) is 1. The van der Waals surface area contributed by atoms with Crippen molar-refractivity contribution >= 4 is 17.5 Å². The molecule has 1 heterocycles. The van der Waals surface area contributed by atoms with Gasteiger partial charge in [0.05, 0.1) is 7.11 Å². The number of nitrogens with one attached hydrogen (secondary N) is 2. The molecule has 2 aromatic carbocycles. The third-order valence-corrected chi connectivity index (χ3v) is 4.47. The van der Waals surface area contributed by atoms with Crippen LogP contribution < -0.4 is 15.4 Å². The quantitative estimate of drug-likeness (QED) is 0.647. The lowest BCUT2D eigenvalue weighted by molar-refractivity contribution is 0.0949. The molecular weight excluding hydrogens is 366 g/mol. The molecule has 2 N–H and O–H groups in total. The predicted octanol–water partition coefficient (Wildman–Crippen LogP) is 3.62. The number of aryl methyl sites for hydroxylation is 1. The van der Waals surface area contributed by atoms with E-state index in [1.807, 2.05) is 55.5 Å². The molecule has 0 spiro atoms. The Morgan fingerprint density at radius 2 is 1.59 bits per heavy atom.